The minimum Gasteiger partial charge on any atom is -0.330 e. The molecule has 3 nitrogen and oxygen atoms in total. The Kier molecular flexibility index (Phi) is 29.9. The molecule has 1 unspecified atom stereocenters. The quantitative estimate of drug-likeness (QED) is 0.0425. The van der Waals surface area contributed by atoms with E-state index in [9.17, 15) is 9.59 Å². The minimum absolute atomic E-state index is 0.116. The van der Waals surface area contributed by atoms with Crippen molar-refractivity contribution in [3.8, 4) is 0 Å². The van der Waals surface area contributed by atoms with Crippen LogP contribution in [-0.4, -0.2) is 43.7 Å². The van der Waals surface area contributed by atoms with Crippen molar-refractivity contribution in [2.75, 3.05) is 27.7 Å². The van der Waals surface area contributed by atoms with E-state index in [1.54, 1.807) is 0 Å². The molecule has 252 valence electrons. The lowest BCUT2D eigenvalue weighted by Gasteiger charge is -2.28. The molecule has 0 aliphatic carbocycles. The van der Waals surface area contributed by atoms with Crippen molar-refractivity contribution in [3.63, 3.8) is 0 Å². The molecule has 0 aliphatic rings. The largest absolute Gasteiger partial charge is 0.330 e. The third-order valence-corrected chi connectivity index (χ3v) is 8.60. The molecule has 0 N–H and O–H groups in total. The summed E-state index contributed by atoms with van der Waals surface area (Å²) in [6, 6.07) is 0. The molecule has 0 rings (SSSR count). The van der Waals surface area contributed by atoms with Gasteiger partial charge in [-0.25, -0.2) is 0 Å². The molecule has 0 spiro atoms. The van der Waals surface area contributed by atoms with Gasteiger partial charge in [-0.15, -0.1) is 0 Å². The number of unbranched alkanes of at least 4 members (excludes halogenated alkanes) is 20. The van der Waals surface area contributed by atoms with Gasteiger partial charge in [-0.1, -0.05) is 128 Å². The van der Waals surface area contributed by atoms with Crippen molar-refractivity contribution in [2.24, 2.45) is 5.92 Å². The van der Waals surface area contributed by atoms with Crippen molar-refractivity contribution in [3.05, 3.63) is 24.3 Å². The highest BCUT2D eigenvalue weighted by atomic mass is 16.1. The molecule has 0 saturated carbocycles. The van der Waals surface area contributed by atoms with Crippen molar-refractivity contribution in [1.82, 2.24) is 0 Å². The monoisotopic (exact) mass is 603 g/mol. The molecular weight excluding hydrogens is 526 g/mol. The molecule has 3 heteroatoms. The Bertz CT molecular complexity index is 687. The van der Waals surface area contributed by atoms with Gasteiger partial charge in [0.15, 0.2) is 0 Å². The number of Topliss-reactive ketones (excluding diaryl/α,β-unsaturated/α-hetero) is 2. The molecule has 0 heterocycles. The smallest absolute Gasteiger partial charge is 0.142 e. The van der Waals surface area contributed by atoms with Gasteiger partial charge in [0, 0.05) is 19.3 Å². The van der Waals surface area contributed by atoms with Crippen LogP contribution in [0.3, 0.4) is 0 Å². The summed E-state index contributed by atoms with van der Waals surface area (Å²) in [4.78, 5) is 25.9. The zero-order valence-electron chi connectivity index (χ0n) is 29.9. The number of hydrogen-bond donors (Lipinski definition) is 0. The molecule has 43 heavy (non-hydrogen) atoms. The molecule has 0 amide bonds. The molecule has 0 radical (unpaired) electrons. The van der Waals surface area contributed by atoms with Gasteiger partial charge in [0.2, 0.25) is 0 Å². The first-order chi connectivity index (χ1) is 20.8. The second-order valence-corrected chi connectivity index (χ2v) is 14.3. The maximum atomic E-state index is 13.1. The summed E-state index contributed by atoms with van der Waals surface area (Å²) >= 11 is 0. The number of carbonyl (C=O) groups excluding carboxylic acids is 2. The van der Waals surface area contributed by atoms with Crippen LogP contribution in [0.5, 0.6) is 0 Å². The summed E-state index contributed by atoms with van der Waals surface area (Å²) < 4.78 is 0.737. The van der Waals surface area contributed by atoms with Crippen LogP contribution in [0.2, 0.25) is 0 Å². The van der Waals surface area contributed by atoms with Crippen LogP contribution in [0.15, 0.2) is 24.3 Å². The van der Waals surface area contributed by atoms with E-state index in [0.717, 1.165) is 36.7 Å². The second-order valence-electron chi connectivity index (χ2n) is 14.3. The predicted molar refractivity (Wildman–Crippen MR) is 191 cm³/mol. The van der Waals surface area contributed by atoms with Gasteiger partial charge >= 0.3 is 0 Å². The number of allylic oxidation sites excluding steroid dienone is 4. The first kappa shape index (κ1) is 41.8. The summed E-state index contributed by atoms with van der Waals surface area (Å²) in [5.41, 5.74) is 0. The molecule has 0 aromatic carbocycles. The topological polar surface area (TPSA) is 34.1 Å². The molecule has 0 aromatic heterocycles. The van der Waals surface area contributed by atoms with Crippen molar-refractivity contribution < 1.29 is 14.1 Å². The maximum Gasteiger partial charge on any atom is 0.142 e. The Labute approximate surface area is 270 Å². The molecule has 0 saturated heterocycles. The Hall–Kier alpha value is -1.22. The van der Waals surface area contributed by atoms with Crippen LogP contribution >= 0.6 is 0 Å². The van der Waals surface area contributed by atoms with E-state index in [2.05, 4.69) is 59.3 Å². The number of nitrogens with zero attached hydrogens (tertiary/aromatic N) is 1. The Balaban J connectivity index is 3.98. The average molecular weight is 603 g/mol. The van der Waals surface area contributed by atoms with E-state index >= 15 is 0 Å². The summed E-state index contributed by atoms with van der Waals surface area (Å²) in [7, 11) is 6.40. The zero-order chi connectivity index (χ0) is 31.9. The Morgan fingerprint density at radius 1 is 0.488 bits per heavy atom. The number of carbonyl (C=O) groups is 2. The minimum atomic E-state index is -0.116. The van der Waals surface area contributed by atoms with Gasteiger partial charge < -0.3 is 4.48 Å². The average Bonchev–Trinajstić information content (AvgIpc) is 2.96. The SMILES string of the molecule is CCCCCCCC/C=C\CCCCCCC(=O)CC(C[N+](C)(C)C)C(=O)CCCCCC/C=C\CCCCCCCC. The standard InChI is InChI=1S/C40H76NO2/c1-6-8-10-12-14-16-18-20-22-24-26-28-30-32-34-39(42)36-38(37-41(3,4)5)40(43)35-33-31-29-27-25-23-21-19-17-15-13-11-9-7-2/h20-23,38H,6-19,24-37H2,1-5H3/q+1/b22-20-,23-21-. The van der Waals surface area contributed by atoms with Gasteiger partial charge in [0.05, 0.1) is 33.6 Å². The van der Waals surface area contributed by atoms with E-state index in [1.807, 2.05) is 0 Å². The summed E-state index contributed by atoms with van der Waals surface area (Å²) in [6.07, 6.45) is 41.4. The van der Waals surface area contributed by atoms with Gasteiger partial charge in [0.1, 0.15) is 11.6 Å². The molecule has 1 atom stereocenters. The first-order valence-electron chi connectivity index (χ1n) is 18.9. The van der Waals surface area contributed by atoms with Crippen molar-refractivity contribution in [1.29, 1.82) is 0 Å². The number of ketones is 2. The highest BCUT2D eigenvalue weighted by molar-refractivity contribution is 5.88. The van der Waals surface area contributed by atoms with Crippen LogP contribution in [-0.2, 0) is 9.59 Å². The van der Waals surface area contributed by atoms with Gasteiger partial charge in [-0.2, -0.15) is 0 Å². The van der Waals surface area contributed by atoms with Crippen molar-refractivity contribution >= 4 is 11.6 Å². The summed E-state index contributed by atoms with van der Waals surface area (Å²) in [6.45, 7) is 5.31. The molecule has 0 aromatic rings. The van der Waals surface area contributed by atoms with Crippen LogP contribution in [0.1, 0.15) is 187 Å². The van der Waals surface area contributed by atoms with E-state index in [-0.39, 0.29) is 5.92 Å². The molecule has 0 bridgehead atoms. The zero-order valence-corrected chi connectivity index (χ0v) is 29.9. The van der Waals surface area contributed by atoms with E-state index < -0.39 is 0 Å². The van der Waals surface area contributed by atoms with Crippen LogP contribution in [0, 0.1) is 5.92 Å². The van der Waals surface area contributed by atoms with E-state index in [0.29, 0.717) is 30.8 Å². The lowest BCUT2D eigenvalue weighted by atomic mass is 9.91. The van der Waals surface area contributed by atoms with E-state index in [1.165, 1.54) is 128 Å². The second kappa shape index (κ2) is 30.8. The van der Waals surface area contributed by atoms with Crippen LogP contribution < -0.4 is 0 Å². The number of quaternary nitrogens is 1. The molecule has 0 fully saturated rings. The molecule has 0 aliphatic heterocycles. The summed E-state index contributed by atoms with van der Waals surface area (Å²) in [5.74, 6) is 0.487. The third-order valence-electron chi connectivity index (χ3n) is 8.60. The number of hydrogen-bond acceptors (Lipinski definition) is 2. The Morgan fingerprint density at radius 2 is 0.837 bits per heavy atom. The highest BCUT2D eigenvalue weighted by Crippen LogP contribution is 2.18. The highest BCUT2D eigenvalue weighted by Gasteiger charge is 2.27. The Morgan fingerprint density at radius 3 is 1.23 bits per heavy atom. The van der Waals surface area contributed by atoms with E-state index in [4.69, 9.17) is 0 Å². The fraction of sp³-hybridized carbons (Fsp3) is 0.850. The number of rotatable bonds is 33. The first-order valence-corrected chi connectivity index (χ1v) is 18.9. The lowest BCUT2D eigenvalue weighted by Crippen LogP contribution is -2.42. The van der Waals surface area contributed by atoms with Gasteiger partial charge in [-0.05, 0) is 64.2 Å². The van der Waals surface area contributed by atoms with Crippen LogP contribution in [0.4, 0.5) is 0 Å². The predicted octanol–water partition coefficient (Wildman–Crippen LogP) is 12.1. The summed E-state index contributed by atoms with van der Waals surface area (Å²) in [5, 5.41) is 0. The fourth-order valence-corrected chi connectivity index (χ4v) is 5.93. The van der Waals surface area contributed by atoms with Crippen LogP contribution in [0.25, 0.3) is 0 Å². The molecular formula is C40H76NO2+. The van der Waals surface area contributed by atoms with Gasteiger partial charge in [0.25, 0.3) is 0 Å². The third kappa shape index (κ3) is 32.0. The lowest BCUT2D eigenvalue weighted by molar-refractivity contribution is -0.872. The van der Waals surface area contributed by atoms with Crippen molar-refractivity contribution in [2.45, 2.75) is 187 Å². The van der Waals surface area contributed by atoms with Gasteiger partial charge in [-0.3, -0.25) is 9.59 Å². The maximum absolute atomic E-state index is 13.1. The normalized spacial score (nSPS) is 13.0. The fourth-order valence-electron chi connectivity index (χ4n) is 5.93.